The molecule has 2 N–H and O–H groups in total. The third-order valence-corrected chi connectivity index (χ3v) is 5.19. The summed E-state index contributed by atoms with van der Waals surface area (Å²) >= 11 is 0. The zero-order chi connectivity index (χ0) is 27.3. The molecule has 0 atom stereocenters. The van der Waals surface area contributed by atoms with Crippen molar-refractivity contribution in [3.05, 3.63) is 83.9 Å². The fourth-order valence-electron chi connectivity index (χ4n) is 3.36. The molecule has 0 bridgehead atoms. The molecule has 9 heteroatoms. The minimum Gasteiger partial charge on any atom is -0.462 e. The fourth-order valence-corrected chi connectivity index (χ4v) is 3.36. The smallest absolute Gasteiger partial charge is 0.338 e. The van der Waals surface area contributed by atoms with Crippen LogP contribution >= 0.6 is 0 Å². The number of amides is 2. The Morgan fingerprint density at radius 3 is 2.05 bits per heavy atom. The van der Waals surface area contributed by atoms with Crippen molar-refractivity contribution in [1.29, 1.82) is 0 Å². The Labute approximate surface area is 221 Å². The summed E-state index contributed by atoms with van der Waals surface area (Å²) in [4.78, 5) is 47.8. The van der Waals surface area contributed by atoms with Gasteiger partial charge in [-0.15, -0.1) is 0 Å². The summed E-state index contributed by atoms with van der Waals surface area (Å²) in [6.07, 6.45) is 0.393. The van der Waals surface area contributed by atoms with Gasteiger partial charge in [-0.2, -0.15) is 0 Å². The van der Waals surface area contributed by atoms with E-state index in [-0.39, 0.29) is 31.8 Å². The molecule has 0 aliphatic heterocycles. The first kappa shape index (κ1) is 27.9. The molecule has 9 nitrogen and oxygen atoms in total. The molecule has 0 saturated carbocycles. The maximum absolute atomic E-state index is 12.2. The second kappa shape index (κ2) is 14.2. The van der Waals surface area contributed by atoms with Crippen LogP contribution in [0.2, 0.25) is 0 Å². The molecule has 3 aromatic carbocycles. The molecule has 38 heavy (non-hydrogen) atoms. The van der Waals surface area contributed by atoms with Gasteiger partial charge < -0.3 is 24.8 Å². The van der Waals surface area contributed by atoms with Gasteiger partial charge in [0.15, 0.2) is 6.61 Å². The van der Waals surface area contributed by atoms with Gasteiger partial charge in [0, 0.05) is 24.2 Å². The summed E-state index contributed by atoms with van der Waals surface area (Å²) in [6, 6.07) is 20.8. The summed E-state index contributed by atoms with van der Waals surface area (Å²) in [5, 5.41) is 5.35. The van der Waals surface area contributed by atoms with Crippen molar-refractivity contribution >= 4 is 35.1 Å². The van der Waals surface area contributed by atoms with Gasteiger partial charge in [0.2, 0.25) is 5.91 Å². The quantitative estimate of drug-likeness (QED) is 0.314. The topological polar surface area (TPSA) is 120 Å². The van der Waals surface area contributed by atoms with E-state index in [1.807, 2.05) is 31.2 Å². The Hall–Kier alpha value is -4.66. The van der Waals surface area contributed by atoms with Gasteiger partial charge in [-0.3, -0.25) is 14.4 Å². The maximum atomic E-state index is 12.2. The second-order valence-corrected chi connectivity index (χ2v) is 8.35. The first-order valence-corrected chi connectivity index (χ1v) is 12.2. The summed E-state index contributed by atoms with van der Waals surface area (Å²) in [5.41, 5.74) is 2.52. The monoisotopic (exact) mass is 518 g/mol. The summed E-state index contributed by atoms with van der Waals surface area (Å²) in [5.74, 6) is -0.411. The molecule has 3 aromatic rings. The van der Waals surface area contributed by atoms with E-state index in [9.17, 15) is 19.2 Å². The van der Waals surface area contributed by atoms with E-state index >= 15 is 0 Å². The molecule has 0 radical (unpaired) electrons. The van der Waals surface area contributed by atoms with E-state index in [2.05, 4.69) is 10.6 Å². The van der Waals surface area contributed by atoms with E-state index in [1.54, 1.807) is 43.3 Å². The molecular formula is C29H30N2O7. The largest absolute Gasteiger partial charge is 0.462 e. The number of hydrogen-bond acceptors (Lipinski definition) is 7. The number of hydrogen-bond donors (Lipinski definition) is 2. The van der Waals surface area contributed by atoms with Crippen LogP contribution in [0.3, 0.4) is 0 Å². The van der Waals surface area contributed by atoms with Gasteiger partial charge >= 0.3 is 11.9 Å². The summed E-state index contributed by atoms with van der Waals surface area (Å²) < 4.78 is 15.7. The van der Waals surface area contributed by atoms with Crippen LogP contribution in [0.1, 0.15) is 42.1 Å². The normalized spacial score (nSPS) is 10.3. The number of nitrogens with one attached hydrogen (secondary N) is 2. The molecule has 0 saturated heterocycles. The number of esters is 2. The summed E-state index contributed by atoms with van der Waals surface area (Å²) in [7, 11) is 0. The van der Waals surface area contributed by atoms with Crippen molar-refractivity contribution in [2.75, 3.05) is 23.8 Å². The zero-order valence-electron chi connectivity index (χ0n) is 21.3. The number of anilines is 2. The molecule has 0 heterocycles. The second-order valence-electron chi connectivity index (χ2n) is 8.35. The lowest BCUT2D eigenvalue weighted by Gasteiger charge is -2.09. The Morgan fingerprint density at radius 2 is 1.39 bits per heavy atom. The van der Waals surface area contributed by atoms with E-state index in [0.29, 0.717) is 22.7 Å². The standard InChI is InChI=1S/C29H30N2O7/c1-3-36-29(35)21-10-12-22(13-11-21)31-27(33)19-37-28(34)9-5-8-26(32)30-23-14-16-24(17-15-23)38-25-7-4-6-20(2)18-25/h4,6-7,10-18H,3,5,8-9,19H2,1-2H3,(H,30,32)(H,31,33). The van der Waals surface area contributed by atoms with Crippen LogP contribution < -0.4 is 15.4 Å². The zero-order valence-corrected chi connectivity index (χ0v) is 21.3. The Balaban J connectivity index is 1.31. The van der Waals surface area contributed by atoms with E-state index in [1.165, 1.54) is 12.1 Å². The average Bonchev–Trinajstić information content (AvgIpc) is 2.89. The highest BCUT2D eigenvalue weighted by molar-refractivity contribution is 5.94. The van der Waals surface area contributed by atoms with Crippen LogP contribution in [0, 0.1) is 6.92 Å². The molecule has 3 rings (SSSR count). The summed E-state index contributed by atoms with van der Waals surface area (Å²) in [6.45, 7) is 3.51. The first-order chi connectivity index (χ1) is 18.3. The molecule has 198 valence electrons. The van der Waals surface area contributed by atoms with Gasteiger partial charge in [-0.05, 0) is 86.5 Å². The van der Waals surface area contributed by atoms with E-state index in [4.69, 9.17) is 14.2 Å². The molecule has 0 aliphatic carbocycles. The third-order valence-electron chi connectivity index (χ3n) is 5.19. The number of carbonyl (C=O) groups excluding carboxylic acids is 4. The number of ether oxygens (including phenoxy) is 3. The lowest BCUT2D eigenvalue weighted by atomic mass is 10.2. The van der Waals surface area contributed by atoms with Gasteiger partial charge in [0.1, 0.15) is 11.5 Å². The molecule has 0 spiro atoms. The van der Waals surface area contributed by atoms with Crippen molar-refractivity contribution in [1.82, 2.24) is 0 Å². The Bertz CT molecular complexity index is 1250. The molecule has 0 aromatic heterocycles. The van der Waals surface area contributed by atoms with Crippen LogP contribution in [0.25, 0.3) is 0 Å². The number of carbonyl (C=O) groups is 4. The molecule has 0 unspecified atom stereocenters. The predicted molar refractivity (Wildman–Crippen MR) is 142 cm³/mol. The minimum absolute atomic E-state index is 0.00178. The van der Waals surface area contributed by atoms with Gasteiger partial charge in [0.25, 0.3) is 5.91 Å². The number of benzene rings is 3. The van der Waals surface area contributed by atoms with Crippen molar-refractivity contribution in [2.24, 2.45) is 0 Å². The van der Waals surface area contributed by atoms with Crippen molar-refractivity contribution in [2.45, 2.75) is 33.1 Å². The van der Waals surface area contributed by atoms with Crippen LogP contribution in [-0.2, 0) is 23.9 Å². The molecule has 0 aliphatic rings. The van der Waals surface area contributed by atoms with Crippen molar-refractivity contribution in [3.63, 3.8) is 0 Å². The first-order valence-electron chi connectivity index (χ1n) is 12.2. The molecular weight excluding hydrogens is 488 g/mol. The van der Waals surface area contributed by atoms with Crippen LogP contribution in [0.5, 0.6) is 11.5 Å². The Kier molecular flexibility index (Phi) is 10.4. The predicted octanol–water partition coefficient (Wildman–Crippen LogP) is 5.25. The van der Waals surface area contributed by atoms with Gasteiger partial charge in [-0.25, -0.2) is 4.79 Å². The minimum atomic E-state index is -0.580. The van der Waals surface area contributed by atoms with Gasteiger partial charge in [0.05, 0.1) is 12.2 Å². The highest BCUT2D eigenvalue weighted by Gasteiger charge is 2.11. The third kappa shape index (κ3) is 9.42. The fraction of sp³-hybridized carbons (Fsp3) is 0.241. The van der Waals surface area contributed by atoms with Gasteiger partial charge in [-0.1, -0.05) is 12.1 Å². The van der Waals surface area contributed by atoms with E-state index < -0.39 is 24.5 Å². The Morgan fingerprint density at radius 1 is 0.737 bits per heavy atom. The van der Waals surface area contributed by atoms with E-state index in [0.717, 1.165) is 11.3 Å². The van der Waals surface area contributed by atoms with Crippen molar-refractivity contribution in [3.8, 4) is 11.5 Å². The van der Waals surface area contributed by atoms with Crippen molar-refractivity contribution < 1.29 is 33.4 Å². The maximum Gasteiger partial charge on any atom is 0.338 e. The lowest BCUT2D eigenvalue weighted by molar-refractivity contribution is -0.147. The highest BCUT2D eigenvalue weighted by atomic mass is 16.5. The highest BCUT2D eigenvalue weighted by Crippen LogP contribution is 2.23. The number of aryl methyl sites for hydroxylation is 1. The molecule has 2 amide bonds. The number of rotatable bonds is 12. The SMILES string of the molecule is CCOC(=O)c1ccc(NC(=O)COC(=O)CCCC(=O)Nc2ccc(Oc3cccc(C)c3)cc2)cc1. The van der Waals surface area contributed by atoms with Crippen LogP contribution in [0.15, 0.2) is 72.8 Å². The lowest BCUT2D eigenvalue weighted by Crippen LogP contribution is -2.21. The van der Waals surface area contributed by atoms with Crippen LogP contribution in [0.4, 0.5) is 11.4 Å². The average molecular weight is 519 g/mol. The molecule has 0 fully saturated rings. The van der Waals surface area contributed by atoms with Crippen LogP contribution in [-0.4, -0.2) is 37.0 Å².